The molecule has 1 amide bonds. The largest absolute Gasteiger partial charge is 0.493 e. The Labute approximate surface area is 152 Å². The molecule has 2 heterocycles. The van der Waals surface area contributed by atoms with Crippen molar-refractivity contribution in [2.75, 3.05) is 20.3 Å². The summed E-state index contributed by atoms with van der Waals surface area (Å²) in [6.45, 7) is 5.23. The van der Waals surface area contributed by atoms with E-state index in [1.807, 2.05) is 36.7 Å². The predicted molar refractivity (Wildman–Crippen MR) is 95.4 cm³/mol. The zero-order valence-corrected chi connectivity index (χ0v) is 15.4. The number of aryl methyl sites for hydroxylation is 1. The van der Waals surface area contributed by atoms with Crippen LogP contribution in [0.5, 0.6) is 11.5 Å². The smallest absolute Gasteiger partial charge is 0.226 e. The maximum Gasteiger partial charge on any atom is 0.226 e. The predicted octanol–water partition coefficient (Wildman–Crippen LogP) is 2.53. The lowest BCUT2D eigenvalue weighted by molar-refractivity contribution is -0.126. The fourth-order valence-electron chi connectivity index (χ4n) is 3.05. The molecule has 0 spiro atoms. The second-order valence-corrected chi connectivity index (χ2v) is 6.54. The number of ether oxygens (including phenoxy) is 2. The second-order valence-electron chi connectivity index (χ2n) is 6.16. The van der Waals surface area contributed by atoms with E-state index in [1.54, 1.807) is 7.11 Å². The molecule has 1 aromatic carbocycles. The minimum atomic E-state index is -0.205. The van der Waals surface area contributed by atoms with Crippen molar-refractivity contribution in [3.05, 3.63) is 40.2 Å². The molecule has 0 saturated carbocycles. The minimum absolute atomic E-state index is 0.0129. The number of halogens is 1. The Kier molecular flexibility index (Phi) is 5.18. The quantitative estimate of drug-likeness (QED) is 0.886. The molecule has 0 saturated heterocycles. The van der Waals surface area contributed by atoms with Crippen molar-refractivity contribution >= 4 is 17.5 Å². The van der Waals surface area contributed by atoms with Gasteiger partial charge in [0, 0.05) is 6.54 Å². The average molecular weight is 364 g/mol. The van der Waals surface area contributed by atoms with E-state index >= 15 is 0 Å². The maximum atomic E-state index is 12.4. The molecule has 3 rings (SSSR count). The summed E-state index contributed by atoms with van der Waals surface area (Å²) < 4.78 is 12.9. The summed E-state index contributed by atoms with van der Waals surface area (Å²) in [6.07, 6.45) is 0.643. The number of aromatic nitrogens is 2. The molecule has 25 heavy (non-hydrogen) atoms. The zero-order valence-electron chi connectivity index (χ0n) is 14.6. The lowest BCUT2D eigenvalue weighted by Crippen LogP contribution is -2.38. The first kappa shape index (κ1) is 17.6. The first-order valence-electron chi connectivity index (χ1n) is 8.27. The highest BCUT2D eigenvalue weighted by Crippen LogP contribution is 2.36. The minimum Gasteiger partial charge on any atom is -0.493 e. The topological polar surface area (TPSA) is 65.4 Å². The van der Waals surface area contributed by atoms with Crippen LogP contribution in [0.1, 0.15) is 17.0 Å². The van der Waals surface area contributed by atoms with E-state index in [4.69, 9.17) is 21.1 Å². The Balaban J connectivity index is 1.56. The van der Waals surface area contributed by atoms with Gasteiger partial charge in [0.05, 0.1) is 36.0 Å². The van der Waals surface area contributed by atoms with Gasteiger partial charge in [0.2, 0.25) is 5.91 Å². The number of amides is 1. The normalized spacial score (nSPS) is 16.1. The summed E-state index contributed by atoms with van der Waals surface area (Å²) in [5, 5.41) is 8.00. The van der Waals surface area contributed by atoms with Crippen LogP contribution in [0.25, 0.3) is 0 Å². The van der Waals surface area contributed by atoms with E-state index < -0.39 is 0 Å². The molecule has 0 radical (unpaired) electrons. The standard InChI is InChI=1S/C18H22ClN3O3/c1-11-16(19)12(2)22(21-11)8-7-20-18(23)14-9-13-5-4-6-15(24-3)17(13)25-10-14/h4-6,14H,7-10H2,1-3H3,(H,20,23). The van der Waals surface area contributed by atoms with Gasteiger partial charge >= 0.3 is 0 Å². The number of rotatable bonds is 5. The molecule has 1 atom stereocenters. The van der Waals surface area contributed by atoms with Crippen molar-refractivity contribution in [2.24, 2.45) is 5.92 Å². The maximum absolute atomic E-state index is 12.4. The molecule has 6 nitrogen and oxygen atoms in total. The van der Waals surface area contributed by atoms with Gasteiger partial charge in [-0.15, -0.1) is 0 Å². The summed E-state index contributed by atoms with van der Waals surface area (Å²) in [4.78, 5) is 12.4. The summed E-state index contributed by atoms with van der Waals surface area (Å²) >= 11 is 6.14. The molecule has 0 aliphatic carbocycles. The van der Waals surface area contributed by atoms with Gasteiger partial charge in [-0.25, -0.2) is 0 Å². The Hall–Kier alpha value is -2.21. The van der Waals surface area contributed by atoms with E-state index in [2.05, 4.69) is 10.4 Å². The highest BCUT2D eigenvalue weighted by Gasteiger charge is 2.27. The Morgan fingerprint density at radius 1 is 1.48 bits per heavy atom. The molecule has 2 aromatic rings. The van der Waals surface area contributed by atoms with E-state index in [1.165, 1.54) is 0 Å². The fourth-order valence-corrected chi connectivity index (χ4v) is 3.18. The molecule has 7 heteroatoms. The van der Waals surface area contributed by atoms with Gasteiger partial charge in [0.25, 0.3) is 0 Å². The second kappa shape index (κ2) is 7.35. The number of nitrogens with zero attached hydrogens (tertiary/aromatic N) is 2. The lowest BCUT2D eigenvalue weighted by Gasteiger charge is -2.25. The number of fused-ring (bicyclic) bond motifs is 1. The van der Waals surface area contributed by atoms with Crippen LogP contribution in [0, 0.1) is 19.8 Å². The fraction of sp³-hybridized carbons (Fsp3) is 0.444. The van der Waals surface area contributed by atoms with Crippen LogP contribution in [-0.4, -0.2) is 35.9 Å². The molecule has 1 aliphatic heterocycles. The van der Waals surface area contributed by atoms with Crippen LogP contribution >= 0.6 is 11.6 Å². The van der Waals surface area contributed by atoms with Gasteiger partial charge in [-0.05, 0) is 31.9 Å². The number of benzene rings is 1. The Morgan fingerprint density at radius 2 is 2.28 bits per heavy atom. The van der Waals surface area contributed by atoms with Crippen LogP contribution in [0.15, 0.2) is 18.2 Å². The van der Waals surface area contributed by atoms with Crippen molar-refractivity contribution in [1.29, 1.82) is 0 Å². The van der Waals surface area contributed by atoms with Crippen molar-refractivity contribution < 1.29 is 14.3 Å². The van der Waals surface area contributed by atoms with Crippen LogP contribution in [0.4, 0.5) is 0 Å². The van der Waals surface area contributed by atoms with Crippen molar-refractivity contribution in [3.63, 3.8) is 0 Å². The molecule has 1 unspecified atom stereocenters. The van der Waals surface area contributed by atoms with Crippen LogP contribution < -0.4 is 14.8 Å². The average Bonchev–Trinajstić information content (AvgIpc) is 2.87. The molecule has 0 fully saturated rings. The lowest BCUT2D eigenvalue weighted by atomic mass is 9.95. The third-order valence-corrected chi connectivity index (χ3v) is 5.01. The van der Waals surface area contributed by atoms with E-state index in [-0.39, 0.29) is 11.8 Å². The van der Waals surface area contributed by atoms with Crippen molar-refractivity contribution in [3.8, 4) is 11.5 Å². The van der Waals surface area contributed by atoms with E-state index in [0.717, 1.165) is 22.7 Å². The molecule has 134 valence electrons. The van der Waals surface area contributed by atoms with Gasteiger partial charge in [-0.1, -0.05) is 23.7 Å². The molecule has 1 aromatic heterocycles. The van der Waals surface area contributed by atoms with Gasteiger partial charge in [0.1, 0.15) is 6.61 Å². The molecular weight excluding hydrogens is 342 g/mol. The zero-order chi connectivity index (χ0) is 18.0. The van der Waals surface area contributed by atoms with E-state index in [0.29, 0.717) is 36.9 Å². The third-order valence-electron chi connectivity index (χ3n) is 4.46. The Morgan fingerprint density at radius 3 is 2.96 bits per heavy atom. The van der Waals surface area contributed by atoms with E-state index in [9.17, 15) is 4.79 Å². The number of hydrogen-bond acceptors (Lipinski definition) is 4. The molecule has 0 bridgehead atoms. The highest BCUT2D eigenvalue weighted by atomic mass is 35.5. The molecular formula is C18H22ClN3O3. The van der Waals surface area contributed by atoms with Crippen LogP contribution in [-0.2, 0) is 17.8 Å². The van der Waals surface area contributed by atoms with Gasteiger partial charge in [0.15, 0.2) is 11.5 Å². The van der Waals surface area contributed by atoms with Gasteiger partial charge < -0.3 is 14.8 Å². The van der Waals surface area contributed by atoms with Gasteiger partial charge in [-0.3, -0.25) is 9.48 Å². The number of nitrogens with one attached hydrogen (secondary N) is 1. The van der Waals surface area contributed by atoms with Crippen molar-refractivity contribution in [1.82, 2.24) is 15.1 Å². The number of methoxy groups -OCH3 is 1. The summed E-state index contributed by atoms with van der Waals surface area (Å²) in [5.74, 6) is 1.23. The molecule has 1 aliphatic rings. The number of hydrogen-bond donors (Lipinski definition) is 1. The summed E-state index contributed by atoms with van der Waals surface area (Å²) in [7, 11) is 1.61. The number of para-hydroxylation sites is 1. The van der Waals surface area contributed by atoms with Crippen molar-refractivity contribution in [2.45, 2.75) is 26.8 Å². The highest BCUT2D eigenvalue weighted by molar-refractivity contribution is 6.31. The SMILES string of the molecule is COc1cccc2c1OCC(C(=O)NCCn1nc(C)c(Cl)c1C)C2. The van der Waals surface area contributed by atoms with Crippen LogP contribution in [0.3, 0.4) is 0 Å². The van der Waals surface area contributed by atoms with Gasteiger partial charge in [-0.2, -0.15) is 5.10 Å². The number of carbonyl (C=O) groups is 1. The number of carbonyl (C=O) groups excluding carboxylic acids is 1. The third kappa shape index (κ3) is 3.58. The molecule has 1 N–H and O–H groups in total. The van der Waals surface area contributed by atoms with Crippen LogP contribution in [0.2, 0.25) is 5.02 Å². The Bertz CT molecular complexity index is 788. The first-order chi connectivity index (χ1) is 12.0. The summed E-state index contributed by atoms with van der Waals surface area (Å²) in [5.41, 5.74) is 2.71. The monoisotopic (exact) mass is 363 g/mol. The summed E-state index contributed by atoms with van der Waals surface area (Å²) in [6, 6.07) is 5.74. The first-order valence-corrected chi connectivity index (χ1v) is 8.65.